The van der Waals surface area contributed by atoms with E-state index >= 15 is 0 Å². The van der Waals surface area contributed by atoms with Crippen LogP contribution in [0.1, 0.15) is 35.7 Å². The van der Waals surface area contributed by atoms with Gasteiger partial charge in [-0.2, -0.15) is 4.31 Å². The van der Waals surface area contributed by atoms with E-state index in [9.17, 15) is 18.0 Å². The van der Waals surface area contributed by atoms with Gasteiger partial charge >= 0.3 is 0 Å². The molecule has 2 amide bonds. The summed E-state index contributed by atoms with van der Waals surface area (Å²) >= 11 is 0. The van der Waals surface area contributed by atoms with E-state index < -0.39 is 10.0 Å². The topological polar surface area (TPSA) is 105 Å². The minimum Gasteiger partial charge on any atom is -0.379 e. The molecule has 1 aliphatic rings. The molecular formula is C23H29N3O5S. The normalized spacial score (nSPS) is 14.7. The number of nitrogens with zero attached hydrogens (tertiary/aromatic N) is 1. The first kappa shape index (κ1) is 23.9. The Morgan fingerprint density at radius 2 is 1.78 bits per heavy atom. The molecule has 0 bridgehead atoms. The number of ether oxygens (including phenoxy) is 1. The van der Waals surface area contributed by atoms with E-state index in [0.717, 1.165) is 12.0 Å². The van der Waals surface area contributed by atoms with Gasteiger partial charge in [0.15, 0.2) is 0 Å². The number of carbonyl (C=O) groups is 2. The van der Waals surface area contributed by atoms with Crippen molar-refractivity contribution in [3.8, 4) is 0 Å². The molecule has 2 N–H and O–H groups in total. The summed E-state index contributed by atoms with van der Waals surface area (Å²) in [4.78, 5) is 24.7. The molecule has 172 valence electrons. The zero-order valence-corrected chi connectivity index (χ0v) is 19.0. The quantitative estimate of drug-likeness (QED) is 0.599. The van der Waals surface area contributed by atoms with Gasteiger partial charge in [-0.15, -0.1) is 0 Å². The van der Waals surface area contributed by atoms with E-state index in [-0.39, 0.29) is 23.1 Å². The first-order chi connectivity index (χ1) is 15.4. The van der Waals surface area contributed by atoms with Crippen molar-refractivity contribution in [2.45, 2.75) is 31.1 Å². The fraction of sp³-hybridized carbons (Fsp3) is 0.391. The zero-order chi connectivity index (χ0) is 23.0. The fourth-order valence-electron chi connectivity index (χ4n) is 3.32. The molecule has 0 aromatic heterocycles. The SMILES string of the molecule is CCCNC(=O)c1cccc(NC(=O)CCc2ccc(S(=O)(=O)N3CCOCC3)cc2)c1. The van der Waals surface area contributed by atoms with Crippen molar-refractivity contribution in [3.63, 3.8) is 0 Å². The molecule has 0 radical (unpaired) electrons. The summed E-state index contributed by atoms with van der Waals surface area (Å²) in [6.07, 6.45) is 1.56. The highest BCUT2D eigenvalue weighted by Gasteiger charge is 2.26. The van der Waals surface area contributed by atoms with E-state index in [1.165, 1.54) is 4.31 Å². The van der Waals surface area contributed by atoms with Crippen molar-refractivity contribution in [2.75, 3.05) is 38.2 Å². The maximum absolute atomic E-state index is 12.7. The van der Waals surface area contributed by atoms with Crippen LogP contribution in [0, 0.1) is 0 Å². The summed E-state index contributed by atoms with van der Waals surface area (Å²) in [6.45, 7) is 4.09. The Hall–Kier alpha value is -2.75. The Kier molecular flexibility index (Phi) is 8.38. The standard InChI is InChI=1S/C23H29N3O5S/c1-2-12-24-23(28)19-4-3-5-20(17-19)25-22(27)11-8-18-6-9-21(10-7-18)32(29,30)26-13-15-31-16-14-26/h3-7,9-10,17H,2,8,11-16H2,1H3,(H,24,28)(H,25,27). The second kappa shape index (κ2) is 11.2. The highest BCUT2D eigenvalue weighted by Crippen LogP contribution is 2.18. The summed E-state index contributed by atoms with van der Waals surface area (Å²) in [7, 11) is -3.53. The van der Waals surface area contributed by atoms with Crippen LogP contribution in [-0.2, 0) is 26.0 Å². The Labute approximate surface area is 189 Å². The minimum atomic E-state index is -3.53. The van der Waals surface area contributed by atoms with E-state index in [1.807, 2.05) is 6.92 Å². The number of rotatable bonds is 9. The number of sulfonamides is 1. The van der Waals surface area contributed by atoms with Gasteiger partial charge in [0.1, 0.15) is 0 Å². The molecule has 2 aromatic carbocycles. The molecular weight excluding hydrogens is 430 g/mol. The Morgan fingerprint density at radius 3 is 2.47 bits per heavy atom. The molecule has 3 rings (SSSR count). The highest BCUT2D eigenvalue weighted by molar-refractivity contribution is 7.89. The minimum absolute atomic E-state index is 0.171. The summed E-state index contributed by atoms with van der Waals surface area (Å²) in [5.41, 5.74) is 1.92. The summed E-state index contributed by atoms with van der Waals surface area (Å²) in [6, 6.07) is 13.4. The molecule has 1 fully saturated rings. The molecule has 32 heavy (non-hydrogen) atoms. The number of nitrogens with one attached hydrogen (secondary N) is 2. The zero-order valence-electron chi connectivity index (χ0n) is 18.2. The van der Waals surface area contributed by atoms with Gasteiger partial charge in [-0.1, -0.05) is 25.1 Å². The number of benzene rings is 2. The van der Waals surface area contributed by atoms with Crippen molar-refractivity contribution in [2.24, 2.45) is 0 Å². The number of morpholine rings is 1. The number of hydrogen-bond acceptors (Lipinski definition) is 5. The molecule has 0 saturated carbocycles. The van der Waals surface area contributed by atoms with E-state index in [0.29, 0.717) is 50.5 Å². The van der Waals surface area contributed by atoms with Crippen LogP contribution in [0.2, 0.25) is 0 Å². The highest BCUT2D eigenvalue weighted by atomic mass is 32.2. The maximum Gasteiger partial charge on any atom is 0.251 e. The molecule has 1 aliphatic heterocycles. The predicted molar refractivity (Wildman–Crippen MR) is 122 cm³/mol. The van der Waals surface area contributed by atoms with Crippen molar-refractivity contribution < 1.29 is 22.7 Å². The van der Waals surface area contributed by atoms with Crippen LogP contribution >= 0.6 is 0 Å². The number of aryl methyl sites for hydroxylation is 1. The molecule has 0 spiro atoms. The largest absolute Gasteiger partial charge is 0.379 e. The van der Waals surface area contributed by atoms with Gasteiger partial charge in [-0.05, 0) is 48.7 Å². The van der Waals surface area contributed by atoms with Crippen LogP contribution in [0.15, 0.2) is 53.4 Å². The molecule has 8 nitrogen and oxygen atoms in total. The lowest BCUT2D eigenvalue weighted by molar-refractivity contribution is -0.116. The summed E-state index contributed by atoms with van der Waals surface area (Å²) in [5.74, 6) is -0.351. The van der Waals surface area contributed by atoms with Crippen LogP contribution in [0.3, 0.4) is 0 Å². The molecule has 1 saturated heterocycles. The second-order valence-corrected chi connectivity index (χ2v) is 9.48. The van der Waals surface area contributed by atoms with Gasteiger partial charge in [0.25, 0.3) is 5.91 Å². The lowest BCUT2D eigenvalue weighted by atomic mass is 10.1. The first-order valence-corrected chi connectivity index (χ1v) is 12.2. The average Bonchev–Trinajstić information content (AvgIpc) is 2.82. The van der Waals surface area contributed by atoms with E-state index in [4.69, 9.17) is 4.74 Å². The smallest absolute Gasteiger partial charge is 0.251 e. The number of amides is 2. The average molecular weight is 460 g/mol. The van der Waals surface area contributed by atoms with Gasteiger partial charge < -0.3 is 15.4 Å². The number of anilines is 1. The van der Waals surface area contributed by atoms with Gasteiger partial charge in [0.05, 0.1) is 18.1 Å². The number of hydrogen-bond donors (Lipinski definition) is 2. The van der Waals surface area contributed by atoms with Crippen molar-refractivity contribution in [3.05, 3.63) is 59.7 Å². The predicted octanol–water partition coefficient (Wildman–Crippen LogP) is 2.42. The Balaban J connectivity index is 1.53. The molecule has 1 heterocycles. The molecule has 2 aromatic rings. The van der Waals surface area contributed by atoms with Crippen LogP contribution in [0.5, 0.6) is 0 Å². The van der Waals surface area contributed by atoms with E-state index in [1.54, 1.807) is 48.5 Å². The van der Waals surface area contributed by atoms with Gasteiger partial charge in [-0.3, -0.25) is 9.59 Å². The molecule has 9 heteroatoms. The van der Waals surface area contributed by atoms with Crippen LogP contribution in [-0.4, -0.2) is 57.4 Å². The third-order valence-electron chi connectivity index (χ3n) is 5.12. The fourth-order valence-corrected chi connectivity index (χ4v) is 4.73. The number of carbonyl (C=O) groups excluding carboxylic acids is 2. The van der Waals surface area contributed by atoms with Crippen molar-refractivity contribution in [1.29, 1.82) is 0 Å². The van der Waals surface area contributed by atoms with Gasteiger partial charge in [0, 0.05) is 37.3 Å². The van der Waals surface area contributed by atoms with Gasteiger partial charge in [0.2, 0.25) is 15.9 Å². The molecule has 0 unspecified atom stereocenters. The maximum atomic E-state index is 12.7. The van der Waals surface area contributed by atoms with Crippen molar-refractivity contribution >= 4 is 27.5 Å². The third kappa shape index (κ3) is 6.38. The Bertz CT molecular complexity index is 1030. The van der Waals surface area contributed by atoms with Gasteiger partial charge in [-0.25, -0.2) is 8.42 Å². The summed E-state index contributed by atoms with van der Waals surface area (Å²) in [5, 5.41) is 5.62. The third-order valence-corrected chi connectivity index (χ3v) is 7.03. The monoisotopic (exact) mass is 459 g/mol. The molecule has 0 aliphatic carbocycles. The van der Waals surface area contributed by atoms with Crippen LogP contribution in [0.25, 0.3) is 0 Å². The Morgan fingerprint density at radius 1 is 1.06 bits per heavy atom. The summed E-state index contributed by atoms with van der Waals surface area (Å²) < 4.78 is 32.0. The van der Waals surface area contributed by atoms with E-state index in [2.05, 4.69) is 10.6 Å². The second-order valence-electron chi connectivity index (χ2n) is 7.55. The van der Waals surface area contributed by atoms with Crippen molar-refractivity contribution in [1.82, 2.24) is 9.62 Å². The van der Waals surface area contributed by atoms with Crippen LogP contribution < -0.4 is 10.6 Å². The van der Waals surface area contributed by atoms with Crippen LogP contribution in [0.4, 0.5) is 5.69 Å². The first-order valence-electron chi connectivity index (χ1n) is 10.7. The molecule has 0 atom stereocenters. The lowest BCUT2D eigenvalue weighted by Gasteiger charge is -2.26. The lowest BCUT2D eigenvalue weighted by Crippen LogP contribution is -2.40.